The van der Waals surface area contributed by atoms with Crippen molar-refractivity contribution < 1.29 is 0 Å². The fourth-order valence-corrected chi connectivity index (χ4v) is 3.41. The number of H-pyrrole nitrogens is 1. The maximum atomic E-state index is 4.41. The topological polar surface area (TPSA) is 62.6 Å². The molecule has 1 saturated heterocycles. The highest BCUT2D eigenvalue weighted by molar-refractivity contribution is 5.57. The van der Waals surface area contributed by atoms with Crippen molar-refractivity contribution in [1.82, 2.24) is 29.9 Å². The summed E-state index contributed by atoms with van der Waals surface area (Å²) in [7, 11) is 0. The molecule has 1 aromatic carbocycles. The second-order valence-electron chi connectivity index (χ2n) is 6.93. The number of aromatic nitrogens is 5. The van der Waals surface area contributed by atoms with Crippen LogP contribution in [0.15, 0.2) is 36.8 Å². The minimum Gasteiger partial charge on any atom is -0.348 e. The molecule has 2 aromatic heterocycles. The molecule has 1 N–H and O–H groups in total. The number of rotatable bonds is 4. The Morgan fingerprint density at radius 1 is 1.12 bits per heavy atom. The summed E-state index contributed by atoms with van der Waals surface area (Å²) in [5.41, 5.74) is 5.66. The van der Waals surface area contributed by atoms with Crippen LogP contribution in [0.5, 0.6) is 0 Å². The second kappa shape index (κ2) is 6.80. The van der Waals surface area contributed by atoms with Crippen LogP contribution >= 0.6 is 0 Å². The predicted octanol–water partition coefficient (Wildman–Crippen LogP) is 3.12. The molecule has 0 bridgehead atoms. The Morgan fingerprint density at radius 2 is 1.88 bits per heavy atom. The van der Waals surface area contributed by atoms with Gasteiger partial charge >= 0.3 is 0 Å². The molecule has 1 aliphatic heterocycles. The summed E-state index contributed by atoms with van der Waals surface area (Å²) >= 11 is 0. The van der Waals surface area contributed by atoms with E-state index in [4.69, 9.17) is 0 Å². The lowest BCUT2D eigenvalue weighted by molar-refractivity contribution is 0.170. The highest BCUT2D eigenvalue weighted by atomic mass is 15.4. The van der Waals surface area contributed by atoms with Gasteiger partial charge in [-0.1, -0.05) is 35.0 Å². The Morgan fingerprint density at radius 3 is 2.56 bits per heavy atom. The molecule has 3 heterocycles. The fraction of sp³-hybridized carbons (Fsp3) is 0.421. The lowest BCUT2D eigenvalue weighted by Gasteiger charge is -2.31. The quantitative estimate of drug-likeness (QED) is 0.795. The van der Waals surface area contributed by atoms with Crippen LogP contribution in [-0.2, 0) is 6.54 Å². The number of likely N-dealkylation sites (tertiary alicyclic amines) is 1. The van der Waals surface area contributed by atoms with Crippen LogP contribution in [0.3, 0.4) is 0 Å². The molecule has 6 nitrogen and oxygen atoms in total. The molecular formula is C19H24N6. The van der Waals surface area contributed by atoms with Crippen LogP contribution in [0.4, 0.5) is 0 Å². The summed E-state index contributed by atoms with van der Waals surface area (Å²) in [6.45, 7) is 7.23. The van der Waals surface area contributed by atoms with E-state index in [1.807, 2.05) is 4.68 Å². The van der Waals surface area contributed by atoms with Crippen LogP contribution in [0.2, 0.25) is 0 Å². The molecule has 4 rings (SSSR count). The van der Waals surface area contributed by atoms with Gasteiger partial charge in [0.1, 0.15) is 5.69 Å². The van der Waals surface area contributed by atoms with Crippen molar-refractivity contribution >= 4 is 0 Å². The molecule has 0 aliphatic carbocycles. The number of nitrogens with one attached hydrogen (secondary N) is 1. The number of piperidine rings is 1. The second-order valence-corrected chi connectivity index (χ2v) is 6.93. The van der Waals surface area contributed by atoms with E-state index in [2.05, 4.69) is 69.5 Å². The molecule has 0 unspecified atom stereocenters. The molecular weight excluding hydrogens is 312 g/mol. The van der Waals surface area contributed by atoms with Crippen LogP contribution in [0.1, 0.15) is 35.8 Å². The van der Waals surface area contributed by atoms with Crippen LogP contribution in [0.25, 0.3) is 11.3 Å². The minimum atomic E-state index is 0.434. The van der Waals surface area contributed by atoms with Gasteiger partial charge in [0, 0.05) is 30.9 Å². The smallest absolute Gasteiger partial charge is 0.113 e. The Balaban J connectivity index is 1.38. The number of nitrogens with zero attached hydrogens (tertiary/aromatic N) is 5. The average molecular weight is 336 g/mol. The summed E-state index contributed by atoms with van der Waals surface area (Å²) in [6, 6.07) is 8.88. The molecule has 0 amide bonds. The van der Waals surface area contributed by atoms with Crippen molar-refractivity contribution in [2.24, 2.45) is 0 Å². The van der Waals surface area contributed by atoms with Crippen LogP contribution in [0, 0.1) is 13.8 Å². The third-order valence-electron chi connectivity index (χ3n) is 5.10. The molecule has 1 fully saturated rings. The van der Waals surface area contributed by atoms with Gasteiger partial charge in [0.25, 0.3) is 0 Å². The summed E-state index contributed by atoms with van der Waals surface area (Å²) in [5.74, 6) is 0. The van der Waals surface area contributed by atoms with Crippen molar-refractivity contribution in [2.75, 3.05) is 13.1 Å². The van der Waals surface area contributed by atoms with E-state index in [1.54, 1.807) is 6.33 Å². The average Bonchev–Trinajstić information content (AvgIpc) is 3.26. The normalized spacial score (nSPS) is 16.4. The SMILES string of the molecule is Cc1ccc(-c2cn(C3CCN(Cc4nc[nH]c4C)CC3)nn2)cc1. The number of imidazole rings is 1. The van der Waals surface area contributed by atoms with Gasteiger partial charge in [-0.3, -0.25) is 4.90 Å². The van der Waals surface area contributed by atoms with E-state index in [-0.39, 0.29) is 0 Å². The first-order valence-electron chi connectivity index (χ1n) is 8.89. The molecule has 0 saturated carbocycles. The van der Waals surface area contributed by atoms with Gasteiger partial charge in [-0.05, 0) is 26.7 Å². The first-order valence-corrected chi connectivity index (χ1v) is 8.89. The van der Waals surface area contributed by atoms with Crippen molar-refractivity contribution in [3.05, 3.63) is 53.7 Å². The van der Waals surface area contributed by atoms with Gasteiger partial charge in [-0.15, -0.1) is 5.10 Å². The van der Waals surface area contributed by atoms with Gasteiger partial charge in [0.15, 0.2) is 0 Å². The highest BCUT2D eigenvalue weighted by Gasteiger charge is 2.22. The fourth-order valence-electron chi connectivity index (χ4n) is 3.41. The molecule has 1 aliphatic rings. The van der Waals surface area contributed by atoms with Gasteiger partial charge in [-0.2, -0.15) is 0 Å². The van der Waals surface area contributed by atoms with Crippen LogP contribution < -0.4 is 0 Å². The Hall–Kier alpha value is -2.47. The van der Waals surface area contributed by atoms with Crippen molar-refractivity contribution in [3.63, 3.8) is 0 Å². The largest absolute Gasteiger partial charge is 0.348 e. The minimum absolute atomic E-state index is 0.434. The van der Waals surface area contributed by atoms with Gasteiger partial charge < -0.3 is 4.98 Å². The maximum Gasteiger partial charge on any atom is 0.113 e. The summed E-state index contributed by atoms with van der Waals surface area (Å²) < 4.78 is 2.05. The molecule has 0 radical (unpaired) electrons. The van der Waals surface area contributed by atoms with E-state index in [0.29, 0.717) is 6.04 Å². The number of hydrogen-bond donors (Lipinski definition) is 1. The number of benzene rings is 1. The molecule has 25 heavy (non-hydrogen) atoms. The first kappa shape index (κ1) is 16.0. The van der Waals surface area contributed by atoms with Crippen molar-refractivity contribution in [2.45, 2.75) is 39.3 Å². The van der Waals surface area contributed by atoms with E-state index >= 15 is 0 Å². The number of aromatic amines is 1. The third kappa shape index (κ3) is 3.49. The molecule has 130 valence electrons. The maximum absolute atomic E-state index is 4.41. The lowest BCUT2D eigenvalue weighted by atomic mass is 10.0. The Labute approximate surface area is 147 Å². The molecule has 0 atom stereocenters. The van der Waals surface area contributed by atoms with E-state index in [9.17, 15) is 0 Å². The molecule has 3 aromatic rings. The Kier molecular flexibility index (Phi) is 4.36. The van der Waals surface area contributed by atoms with Gasteiger partial charge in [-0.25, -0.2) is 9.67 Å². The summed E-state index contributed by atoms with van der Waals surface area (Å²) in [5, 5.41) is 8.75. The molecule has 6 heteroatoms. The van der Waals surface area contributed by atoms with Crippen molar-refractivity contribution in [1.29, 1.82) is 0 Å². The van der Waals surface area contributed by atoms with Gasteiger partial charge in [0.2, 0.25) is 0 Å². The first-order chi connectivity index (χ1) is 12.2. The number of hydrogen-bond acceptors (Lipinski definition) is 4. The van der Waals surface area contributed by atoms with Gasteiger partial charge in [0.05, 0.1) is 24.3 Å². The zero-order chi connectivity index (χ0) is 17.2. The van der Waals surface area contributed by atoms with E-state index in [1.165, 1.54) is 11.3 Å². The summed E-state index contributed by atoms with van der Waals surface area (Å²) in [6.07, 6.45) is 6.06. The van der Waals surface area contributed by atoms with Crippen molar-refractivity contribution in [3.8, 4) is 11.3 Å². The monoisotopic (exact) mass is 336 g/mol. The Bertz CT molecular complexity index is 824. The standard InChI is InChI=1S/C19H24N6/c1-14-3-5-16(6-4-14)19-12-25(23-22-19)17-7-9-24(10-8-17)11-18-15(2)20-13-21-18/h3-6,12-13,17H,7-11H2,1-2H3,(H,20,21). The predicted molar refractivity (Wildman–Crippen MR) is 97.1 cm³/mol. The third-order valence-corrected chi connectivity index (χ3v) is 5.10. The molecule has 0 spiro atoms. The zero-order valence-corrected chi connectivity index (χ0v) is 14.8. The summed E-state index contributed by atoms with van der Waals surface area (Å²) in [4.78, 5) is 10.0. The van der Waals surface area contributed by atoms with E-state index in [0.717, 1.165) is 49.4 Å². The van der Waals surface area contributed by atoms with Crippen LogP contribution in [-0.4, -0.2) is 43.0 Å². The lowest BCUT2D eigenvalue weighted by Crippen LogP contribution is -2.34. The van der Waals surface area contributed by atoms with E-state index < -0.39 is 0 Å². The highest BCUT2D eigenvalue weighted by Crippen LogP contribution is 2.25. The zero-order valence-electron chi connectivity index (χ0n) is 14.8. The number of aryl methyl sites for hydroxylation is 2.